The zero-order valence-electron chi connectivity index (χ0n) is 11.8. The Morgan fingerprint density at radius 3 is 3.30 bits per heavy atom. The smallest absolute Gasteiger partial charge is 0.159 e. The number of hydrogen-bond donors (Lipinski definition) is 0. The Hall–Kier alpha value is -0.630. The lowest BCUT2D eigenvalue weighted by atomic mass is 10.2. The summed E-state index contributed by atoms with van der Waals surface area (Å²) in [6, 6.07) is -2.25. The summed E-state index contributed by atoms with van der Waals surface area (Å²) in [5.41, 5.74) is -0.655. The van der Waals surface area contributed by atoms with E-state index in [0.717, 1.165) is 0 Å². The molecular weight excluding hydrogens is 192 g/mol. The van der Waals surface area contributed by atoms with Gasteiger partial charge in [-0.05, 0) is 18.9 Å². The van der Waals surface area contributed by atoms with Crippen molar-refractivity contribution in [3.05, 3.63) is 34.2 Å². The first-order valence-electron chi connectivity index (χ1n) is 5.89. The van der Waals surface area contributed by atoms with Crippen molar-refractivity contribution >= 4 is 21.7 Å². The molecule has 0 bridgehead atoms. The fourth-order valence-electron chi connectivity index (χ4n) is 0.434. The molecule has 1 aromatic rings. The van der Waals surface area contributed by atoms with E-state index >= 15 is 0 Å². The molecule has 2 heteroatoms. The molecule has 52 valence electrons. The second-order valence-corrected chi connectivity index (χ2v) is 2.31. The second-order valence-electron chi connectivity index (χ2n) is 1.52. The van der Waals surface area contributed by atoms with Gasteiger partial charge < -0.3 is 0 Å². The molecule has 0 saturated heterocycles. The molecule has 0 spiro atoms. The molecule has 0 fully saturated rings. The van der Waals surface area contributed by atoms with Crippen LogP contribution in [-0.4, -0.2) is 5.78 Å². The summed E-state index contributed by atoms with van der Waals surface area (Å²) in [5, 5.41) is 0. The number of halogens is 1. The van der Waals surface area contributed by atoms with Crippen LogP contribution in [0.25, 0.3) is 0 Å². The topological polar surface area (TPSA) is 17.1 Å². The molecule has 0 aliphatic carbocycles. The lowest BCUT2D eigenvalue weighted by Gasteiger charge is -1.93. The monoisotopic (exact) mass is 205 g/mol. The van der Waals surface area contributed by atoms with Gasteiger partial charge in [-0.1, -0.05) is 28.0 Å². The zero-order valence-corrected chi connectivity index (χ0v) is 6.37. The molecule has 0 saturated carbocycles. The van der Waals surface area contributed by atoms with E-state index < -0.39 is 42.4 Å². The highest BCUT2D eigenvalue weighted by molar-refractivity contribution is 9.10. The molecule has 10 heavy (non-hydrogen) atoms. The maximum absolute atomic E-state index is 11.6. The summed E-state index contributed by atoms with van der Waals surface area (Å²) in [6.45, 7) is -2.97. The lowest BCUT2D eigenvalue weighted by Crippen LogP contribution is -1.89. The summed E-state index contributed by atoms with van der Waals surface area (Å²) in [6.07, 6.45) is 0. The van der Waals surface area contributed by atoms with Crippen LogP contribution in [-0.2, 0) is 0 Å². The predicted molar refractivity (Wildman–Crippen MR) is 44.1 cm³/mol. The molecular formula is C8H7BrO. The number of rotatable bonds is 1. The normalized spacial score (nSPS) is 20.7. The molecule has 0 aliphatic heterocycles. The standard InChI is InChI=1S/C8H7BrO/c1-6(10)7-3-2-4-8(9)5-7/h2-5H,1H3/i1D3,2D,3D,4D,5D. The summed E-state index contributed by atoms with van der Waals surface area (Å²) in [7, 11) is 0. The van der Waals surface area contributed by atoms with E-state index in [1.165, 1.54) is 0 Å². The van der Waals surface area contributed by atoms with Crippen molar-refractivity contribution in [3.63, 3.8) is 0 Å². The predicted octanol–water partition coefficient (Wildman–Crippen LogP) is 2.65. The van der Waals surface area contributed by atoms with Crippen molar-refractivity contribution in [2.75, 3.05) is 0 Å². The van der Waals surface area contributed by atoms with Gasteiger partial charge in [-0.25, -0.2) is 0 Å². The molecule has 0 radical (unpaired) electrons. The van der Waals surface area contributed by atoms with Crippen LogP contribution in [0.15, 0.2) is 28.6 Å². The molecule has 1 rings (SSSR count). The number of Topliss-reactive ketones (excluding diaryl/α,β-unsaturated/α-hetero) is 1. The number of ketones is 1. The van der Waals surface area contributed by atoms with Crippen LogP contribution in [0.5, 0.6) is 0 Å². The molecule has 0 atom stereocenters. The van der Waals surface area contributed by atoms with E-state index in [0.29, 0.717) is 0 Å². The van der Waals surface area contributed by atoms with Gasteiger partial charge in [-0.15, -0.1) is 0 Å². The number of carbonyl (C=O) groups excluding carboxylic acids is 1. The van der Waals surface area contributed by atoms with Gasteiger partial charge >= 0.3 is 0 Å². The third kappa shape index (κ3) is 1.67. The van der Waals surface area contributed by atoms with Gasteiger partial charge in [0.25, 0.3) is 0 Å². The molecule has 0 aromatic heterocycles. The van der Waals surface area contributed by atoms with Crippen molar-refractivity contribution in [3.8, 4) is 0 Å². The highest BCUT2D eigenvalue weighted by atomic mass is 79.9. The van der Waals surface area contributed by atoms with Crippen LogP contribution < -0.4 is 0 Å². The minimum atomic E-state index is -2.97. The Bertz CT molecular complexity index is 465. The minimum Gasteiger partial charge on any atom is -0.295 e. The van der Waals surface area contributed by atoms with Crippen LogP contribution in [0.3, 0.4) is 0 Å². The highest BCUT2D eigenvalue weighted by Crippen LogP contribution is 2.11. The molecule has 1 aromatic carbocycles. The Morgan fingerprint density at radius 2 is 2.60 bits per heavy atom. The average molecular weight is 206 g/mol. The summed E-state index contributed by atoms with van der Waals surface area (Å²) in [5.74, 6) is -1.36. The van der Waals surface area contributed by atoms with Crippen LogP contribution >= 0.6 is 15.9 Å². The lowest BCUT2D eigenvalue weighted by molar-refractivity contribution is 0.101. The maximum Gasteiger partial charge on any atom is 0.159 e. The van der Waals surface area contributed by atoms with Crippen LogP contribution in [0.1, 0.15) is 26.8 Å². The fourth-order valence-corrected chi connectivity index (χ4v) is 0.732. The van der Waals surface area contributed by atoms with Gasteiger partial charge in [0, 0.05) is 14.1 Å². The van der Waals surface area contributed by atoms with Gasteiger partial charge in [-0.2, -0.15) is 0 Å². The first-order valence-corrected chi connectivity index (χ1v) is 3.19. The van der Waals surface area contributed by atoms with Crippen LogP contribution in [0, 0.1) is 0 Å². The van der Waals surface area contributed by atoms with E-state index in [2.05, 4.69) is 15.9 Å². The zero-order chi connectivity index (χ0) is 13.5. The highest BCUT2D eigenvalue weighted by Gasteiger charge is 1.96. The number of carbonyl (C=O) groups is 1. The SMILES string of the molecule is [2H]c1c([2H])c(Br)c([2H])c(C(=O)C([2H])([2H])[2H])c1[2H]. The summed E-state index contributed by atoms with van der Waals surface area (Å²) < 4.78 is 50.5. The molecule has 0 aliphatic rings. The number of benzene rings is 1. The molecule has 0 heterocycles. The maximum atomic E-state index is 11.6. The van der Waals surface area contributed by atoms with Gasteiger partial charge in [0.15, 0.2) is 5.78 Å². The van der Waals surface area contributed by atoms with Crippen molar-refractivity contribution in [1.82, 2.24) is 0 Å². The van der Waals surface area contributed by atoms with E-state index in [1.54, 1.807) is 0 Å². The minimum absolute atomic E-state index is 0.161. The van der Waals surface area contributed by atoms with Crippen LogP contribution in [0.2, 0.25) is 0 Å². The Balaban J connectivity index is 3.62. The van der Waals surface area contributed by atoms with E-state index in [-0.39, 0.29) is 4.47 Å². The largest absolute Gasteiger partial charge is 0.295 e. The third-order valence-electron chi connectivity index (χ3n) is 0.822. The Labute approximate surface area is 78.0 Å². The van der Waals surface area contributed by atoms with Gasteiger partial charge in [0.2, 0.25) is 0 Å². The van der Waals surface area contributed by atoms with Crippen molar-refractivity contribution in [2.24, 2.45) is 0 Å². The fraction of sp³-hybridized carbons (Fsp3) is 0.125. The van der Waals surface area contributed by atoms with E-state index in [1.807, 2.05) is 0 Å². The third-order valence-corrected chi connectivity index (χ3v) is 1.22. The van der Waals surface area contributed by atoms with Crippen molar-refractivity contribution < 1.29 is 14.4 Å². The number of hydrogen-bond acceptors (Lipinski definition) is 1. The summed E-state index contributed by atoms with van der Waals surface area (Å²) >= 11 is 2.84. The van der Waals surface area contributed by atoms with Crippen molar-refractivity contribution in [1.29, 1.82) is 0 Å². The summed E-state index contributed by atoms with van der Waals surface area (Å²) in [4.78, 5) is 11.6. The quantitative estimate of drug-likeness (QED) is 0.645. The Morgan fingerprint density at radius 1 is 1.80 bits per heavy atom. The van der Waals surface area contributed by atoms with Crippen LogP contribution in [0.4, 0.5) is 0 Å². The van der Waals surface area contributed by atoms with Gasteiger partial charge in [0.1, 0.15) is 0 Å². The van der Waals surface area contributed by atoms with E-state index in [9.17, 15) is 4.79 Å². The molecule has 0 amide bonds. The van der Waals surface area contributed by atoms with Gasteiger partial charge in [-0.3, -0.25) is 4.79 Å². The molecule has 1 nitrogen and oxygen atoms in total. The van der Waals surface area contributed by atoms with E-state index in [4.69, 9.17) is 9.60 Å². The average Bonchev–Trinajstić information content (AvgIpc) is 2.22. The second kappa shape index (κ2) is 2.97. The first kappa shape index (κ1) is 2.45. The van der Waals surface area contributed by atoms with Crippen molar-refractivity contribution in [2.45, 2.75) is 6.85 Å². The van der Waals surface area contributed by atoms with Gasteiger partial charge in [0.05, 0.1) is 5.48 Å². The molecule has 0 N–H and O–H groups in total. The Kier molecular flexibility index (Phi) is 0.728. The molecule has 0 unspecified atom stereocenters. The first-order chi connectivity index (χ1) is 7.59.